The number of aryl methyl sites for hydroxylation is 1. The molecule has 0 aliphatic carbocycles. The van der Waals surface area contributed by atoms with Gasteiger partial charge in [0, 0.05) is 12.0 Å². The summed E-state index contributed by atoms with van der Waals surface area (Å²) in [7, 11) is 0. The standard InChI is InChI=1S/C19H15NO2/c1-13-3-2-4-17-18(21)16(9-10-22-19(13)17)11-14-5-7-15(12-20)8-6-14/h2-8,11H,9-10H2,1H3/b16-11-. The topological polar surface area (TPSA) is 50.1 Å². The third-order valence-corrected chi connectivity index (χ3v) is 3.75. The van der Waals surface area contributed by atoms with Gasteiger partial charge in [0.1, 0.15) is 5.75 Å². The Labute approximate surface area is 129 Å². The van der Waals surface area contributed by atoms with E-state index in [9.17, 15) is 4.79 Å². The molecular formula is C19H15NO2. The second kappa shape index (κ2) is 5.87. The molecule has 3 rings (SSSR count). The van der Waals surface area contributed by atoms with E-state index in [4.69, 9.17) is 10.00 Å². The largest absolute Gasteiger partial charge is 0.492 e. The highest BCUT2D eigenvalue weighted by atomic mass is 16.5. The van der Waals surface area contributed by atoms with Crippen LogP contribution in [0.3, 0.4) is 0 Å². The summed E-state index contributed by atoms with van der Waals surface area (Å²) in [4.78, 5) is 12.7. The number of benzene rings is 2. The number of carbonyl (C=O) groups is 1. The fourth-order valence-electron chi connectivity index (χ4n) is 2.57. The molecule has 0 atom stereocenters. The molecular weight excluding hydrogens is 274 g/mol. The lowest BCUT2D eigenvalue weighted by Gasteiger charge is -2.08. The van der Waals surface area contributed by atoms with Gasteiger partial charge < -0.3 is 4.74 Å². The Morgan fingerprint density at radius 1 is 1.18 bits per heavy atom. The van der Waals surface area contributed by atoms with E-state index < -0.39 is 0 Å². The first-order valence-electron chi connectivity index (χ1n) is 7.17. The zero-order valence-electron chi connectivity index (χ0n) is 12.3. The predicted molar refractivity (Wildman–Crippen MR) is 84.8 cm³/mol. The number of para-hydroxylation sites is 1. The van der Waals surface area contributed by atoms with Gasteiger partial charge in [0.25, 0.3) is 0 Å². The van der Waals surface area contributed by atoms with Crippen LogP contribution in [0.4, 0.5) is 0 Å². The lowest BCUT2D eigenvalue weighted by Crippen LogP contribution is -2.02. The van der Waals surface area contributed by atoms with Gasteiger partial charge in [0.2, 0.25) is 0 Å². The monoisotopic (exact) mass is 289 g/mol. The van der Waals surface area contributed by atoms with E-state index in [-0.39, 0.29) is 5.78 Å². The van der Waals surface area contributed by atoms with E-state index in [1.807, 2.05) is 43.3 Å². The lowest BCUT2D eigenvalue weighted by molar-refractivity contribution is 0.103. The molecule has 0 amide bonds. The summed E-state index contributed by atoms with van der Waals surface area (Å²) in [6, 6.07) is 14.9. The zero-order chi connectivity index (χ0) is 15.5. The van der Waals surface area contributed by atoms with Gasteiger partial charge in [0.05, 0.1) is 23.8 Å². The summed E-state index contributed by atoms with van der Waals surface area (Å²) in [6.07, 6.45) is 2.46. The van der Waals surface area contributed by atoms with Gasteiger partial charge >= 0.3 is 0 Å². The molecule has 3 heteroatoms. The molecule has 2 aromatic carbocycles. The number of rotatable bonds is 1. The third-order valence-electron chi connectivity index (χ3n) is 3.75. The van der Waals surface area contributed by atoms with Crippen LogP contribution in [-0.2, 0) is 0 Å². The number of ether oxygens (including phenoxy) is 1. The number of fused-ring (bicyclic) bond motifs is 1. The molecule has 0 unspecified atom stereocenters. The molecule has 1 aliphatic rings. The van der Waals surface area contributed by atoms with Crippen LogP contribution in [0.2, 0.25) is 0 Å². The highest BCUT2D eigenvalue weighted by Crippen LogP contribution is 2.30. The summed E-state index contributed by atoms with van der Waals surface area (Å²) < 4.78 is 5.75. The average molecular weight is 289 g/mol. The number of nitriles is 1. The zero-order valence-corrected chi connectivity index (χ0v) is 12.3. The molecule has 22 heavy (non-hydrogen) atoms. The van der Waals surface area contributed by atoms with Crippen molar-refractivity contribution in [2.45, 2.75) is 13.3 Å². The van der Waals surface area contributed by atoms with Crippen molar-refractivity contribution in [1.82, 2.24) is 0 Å². The molecule has 2 aromatic rings. The normalized spacial score (nSPS) is 15.6. The van der Waals surface area contributed by atoms with Crippen LogP contribution < -0.4 is 4.74 Å². The first kappa shape index (κ1) is 14.1. The average Bonchev–Trinajstić information content (AvgIpc) is 2.70. The fraction of sp³-hybridized carbons (Fsp3) is 0.158. The number of ketones is 1. The van der Waals surface area contributed by atoms with Crippen molar-refractivity contribution in [2.75, 3.05) is 6.61 Å². The Kier molecular flexibility index (Phi) is 3.76. The summed E-state index contributed by atoms with van der Waals surface area (Å²) in [5.41, 5.74) is 3.86. The maximum absolute atomic E-state index is 12.7. The van der Waals surface area contributed by atoms with Gasteiger partial charge in [-0.15, -0.1) is 0 Å². The quantitative estimate of drug-likeness (QED) is 0.748. The molecule has 0 bridgehead atoms. The molecule has 0 N–H and O–H groups in total. The number of hydrogen-bond donors (Lipinski definition) is 0. The van der Waals surface area contributed by atoms with Gasteiger partial charge in [-0.1, -0.05) is 24.3 Å². The molecule has 1 aliphatic heterocycles. The van der Waals surface area contributed by atoms with Gasteiger partial charge in [-0.25, -0.2) is 0 Å². The Morgan fingerprint density at radius 2 is 1.95 bits per heavy atom. The van der Waals surface area contributed by atoms with E-state index in [0.717, 1.165) is 16.7 Å². The van der Waals surface area contributed by atoms with Gasteiger partial charge in [-0.05, 0) is 42.3 Å². The van der Waals surface area contributed by atoms with Crippen molar-refractivity contribution in [3.63, 3.8) is 0 Å². The van der Waals surface area contributed by atoms with Gasteiger partial charge in [-0.2, -0.15) is 5.26 Å². The minimum absolute atomic E-state index is 0.0144. The summed E-state index contributed by atoms with van der Waals surface area (Å²) in [5, 5.41) is 8.83. The van der Waals surface area contributed by atoms with Gasteiger partial charge in [-0.3, -0.25) is 4.79 Å². The van der Waals surface area contributed by atoms with Crippen LogP contribution in [0.15, 0.2) is 48.0 Å². The second-order valence-corrected chi connectivity index (χ2v) is 5.28. The predicted octanol–water partition coefficient (Wildman–Crippen LogP) is 3.92. The second-order valence-electron chi connectivity index (χ2n) is 5.28. The Bertz CT molecular complexity index is 795. The van der Waals surface area contributed by atoms with Crippen molar-refractivity contribution in [1.29, 1.82) is 5.26 Å². The van der Waals surface area contributed by atoms with E-state index in [1.54, 1.807) is 12.1 Å². The van der Waals surface area contributed by atoms with Crippen LogP contribution in [-0.4, -0.2) is 12.4 Å². The van der Waals surface area contributed by atoms with Crippen molar-refractivity contribution >= 4 is 11.9 Å². The van der Waals surface area contributed by atoms with E-state index >= 15 is 0 Å². The Morgan fingerprint density at radius 3 is 2.68 bits per heavy atom. The molecule has 0 saturated carbocycles. The molecule has 108 valence electrons. The molecule has 0 radical (unpaired) electrons. The van der Waals surface area contributed by atoms with E-state index in [0.29, 0.717) is 29.9 Å². The van der Waals surface area contributed by atoms with E-state index in [1.165, 1.54) is 0 Å². The van der Waals surface area contributed by atoms with Crippen molar-refractivity contribution in [3.05, 3.63) is 70.3 Å². The minimum Gasteiger partial charge on any atom is -0.492 e. The highest BCUT2D eigenvalue weighted by molar-refractivity contribution is 6.13. The SMILES string of the molecule is Cc1cccc2c1OCC/C(=C/c1ccc(C#N)cc1)C2=O. The number of nitrogens with zero attached hydrogens (tertiary/aromatic N) is 1. The van der Waals surface area contributed by atoms with Gasteiger partial charge in [0.15, 0.2) is 5.78 Å². The molecule has 0 aromatic heterocycles. The lowest BCUT2D eigenvalue weighted by atomic mass is 9.97. The fourth-order valence-corrected chi connectivity index (χ4v) is 2.57. The maximum Gasteiger partial charge on any atom is 0.192 e. The molecule has 0 saturated heterocycles. The number of hydrogen-bond acceptors (Lipinski definition) is 3. The van der Waals surface area contributed by atoms with Crippen LogP contribution in [0, 0.1) is 18.3 Å². The summed E-state index contributed by atoms with van der Waals surface area (Å²) in [5.74, 6) is 0.705. The molecule has 0 spiro atoms. The Hall–Kier alpha value is -2.86. The molecule has 3 nitrogen and oxygen atoms in total. The third kappa shape index (κ3) is 2.64. The first-order chi connectivity index (χ1) is 10.7. The van der Waals surface area contributed by atoms with Crippen LogP contribution in [0.5, 0.6) is 5.75 Å². The number of carbonyl (C=O) groups excluding carboxylic acids is 1. The maximum atomic E-state index is 12.7. The minimum atomic E-state index is 0.0144. The Balaban J connectivity index is 1.99. The highest BCUT2D eigenvalue weighted by Gasteiger charge is 2.22. The van der Waals surface area contributed by atoms with Crippen LogP contribution in [0.25, 0.3) is 6.08 Å². The van der Waals surface area contributed by atoms with Crippen molar-refractivity contribution < 1.29 is 9.53 Å². The van der Waals surface area contributed by atoms with Crippen LogP contribution in [0.1, 0.15) is 33.5 Å². The molecule has 1 heterocycles. The summed E-state index contributed by atoms with van der Waals surface area (Å²) >= 11 is 0. The van der Waals surface area contributed by atoms with Crippen LogP contribution >= 0.6 is 0 Å². The van der Waals surface area contributed by atoms with Crippen molar-refractivity contribution in [2.24, 2.45) is 0 Å². The van der Waals surface area contributed by atoms with E-state index in [2.05, 4.69) is 6.07 Å². The first-order valence-corrected chi connectivity index (χ1v) is 7.17. The number of Topliss-reactive ketones (excluding diaryl/α,β-unsaturated/α-hetero) is 1. The molecule has 0 fully saturated rings. The smallest absolute Gasteiger partial charge is 0.192 e. The van der Waals surface area contributed by atoms with Crippen molar-refractivity contribution in [3.8, 4) is 11.8 Å². The summed E-state index contributed by atoms with van der Waals surface area (Å²) in [6.45, 7) is 2.44.